The number of hydrogen-bond donors (Lipinski definition) is 15. The molecule has 1 aliphatic rings. The van der Waals surface area contributed by atoms with Crippen molar-refractivity contribution < 1.29 is 115 Å². The van der Waals surface area contributed by atoms with Crippen LogP contribution in [0, 0.1) is 0 Å². The summed E-state index contributed by atoms with van der Waals surface area (Å²) in [5.41, 5.74) is 4.95. The maximum absolute atomic E-state index is 10.5. The van der Waals surface area contributed by atoms with E-state index in [4.69, 9.17) is 81.9 Å². The van der Waals surface area contributed by atoms with Crippen molar-refractivity contribution in [3.05, 3.63) is 10.6 Å². The van der Waals surface area contributed by atoms with Crippen LogP contribution in [0.4, 0.5) is 0 Å². The number of methoxy groups -OCH3 is 5. The number of nitrogens with one attached hydrogen (secondary N) is 2. The van der Waals surface area contributed by atoms with Gasteiger partial charge in [-0.1, -0.05) is 34.6 Å². The van der Waals surface area contributed by atoms with Crippen molar-refractivity contribution in [1.82, 2.24) is 10.6 Å². The molecule has 0 amide bonds. The first-order chi connectivity index (χ1) is 45.3. The van der Waals surface area contributed by atoms with Gasteiger partial charge in [0, 0.05) is 123 Å². The standard InChI is InChI=1S/C13H30N2O3S2.C13H28N2O3S2.C13H26N2O3S2.C9H18O5.C9H16O5.C2H7NS.O.Tc/c3*1-3-13(12(16)9-15-5-7-20)18-11(10-17-2)8-14-4-6-19;1-3-5-7(10)9(12)8(11)6(14-5)4-13-2;1-3-9(8(12)5-11)14-7(4-10)6-13-2;3-1-2-4;;/h11-16,19-20H,3-10H2,1-2H3;11-13,16,19-20H,3-10H2,1-2H3;8-9,11-13,16,19-20H,3-7,10H2,1-2H3;5-12H,3-4H2,1-2H3;4-5,7-9,12H,3,6H2,1-2H3;4H,1-3H2;;/q;-2;;;;;;+4/p-2. The van der Waals surface area contributed by atoms with Crippen LogP contribution in [0.2, 0.25) is 0 Å². The van der Waals surface area contributed by atoms with Crippen molar-refractivity contribution in [2.24, 2.45) is 15.7 Å². The summed E-state index contributed by atoms with van der Waals surface area (Å²) in [5, 5.41) is 82.9. The fourth-order valence-electron chi connectivity index (χ4n) is 7.76. The zero-order chi connectivity index (χ0) is 72.8. The number of aliphatic imine (C=N–C) groups is 2. The van der Waals surface area contributed by atoms with E-state index in [0.29, 0.717) is 140 Å². The van der Waals surface area contributed by atoms with Crippen molar-refractivity contribution in [3.63, 3.8) is 0 Å². The number of rotatable bonds is 52. The molecule has 0 spiro atoms. The van der Waals surface area contributed by atoms with Gasteiger partial charge >= 0.3 is 22.4 Å². The molecule has 0 bridgehead atoms. The van der Waals surface area contributed by atoms with E-state index in [1.165, 1.54) is 20.4 Å². The number of ether oxygens (including phenoxy) is 10. The molecule has 11 N–H and O–H groups in total. The van der Waals surface area contributed by atoms with E-state index in [0.717, 1.165) is 55.6 Å². The molecular formula is C59H123N7O20S7Tc. The maximum atomic E-state index is 10.5. The van der Waals surface area contributed by atoms with Gasteiger partial charge in [0.25, 0.3) is 0 Å². The zero-order valence-electron chi connectivity index (χ0n) is 57.2. The van der Waals surface area contributed by atoms with Gasteiger partial charge in [0.15, 0.2) is 12.6 Å². The molecule has 1 aliphatic heterocycles. The molecule has 0 saturated carbocycles. The normalized spacial score (nSPS) is 19.9. The van der Waals surface area contributed by atoms with E-state index in [-0.39, 0.29) is 49.8 Å². The van der Waals surface area contributed by atoms with Gasteiger partial charge < -0.3 is 145 Å². The molecule has 563 valence electrons. The van der Waals surface area contributed by atoms with E-state index in [2.05, 4.69) is 94.4 Å². The number of aldehydes is 2. The van der Waals surface area contributed by atoms with Gasteiger partial charge in [0.05, 0.1) is 88.0 Å². The number of thiol groups is 5. The Hall–Kier alpha value is 0.699. The summed E-state index contributed by atoms with van der Waals surface area (Å²) in [6.45, 7) is 18.1. The number of nitrogens with two attached hydrogens (primary N) is 1. The van der Waals surface area contributed by atoms with Crippen LogP contribution in [0.25, 0.3) is 10.6 Å². The van der Waals surface area contributed by atoms with Crippen LogP contribution in [0.1, 0.15) is 66.7 Å². The molecule has 0 aromatic carbocycles. The predicted molar refractivity (Wildman–Crippen MR) is 390 cm³/mol. The van der Waals surface area contributed by atoms with Crippen molar-refractivity contribution in [3.8, 4) is 0 Å². The van der Waals surface area contributed by atoms with Gasteiger partial charge in [-0.3, -0.25) is 9.98 Å². The molecule has 17 unspecified atom stereocenters. The third-order valence-corrected chi connectivity index (χ3v) is 13.9. The predicted octanol–water partition coefficient (Wildman–Crippen LogP) is 0.555. The molecule has 0 radical (unpaired) electrons. The summed E-state index contributed by atoms with van der Waals surface area (Å²) in [7, 11) is 7.82. The molecule has 0 aliphatic carbocycles. The molecule has 27 nitrogen and oxygen atoms in total. The van der Waals surface area contributed by atoms with E-state index in [9.17, 15) is 45.3 Å². The first-order valence-corrected chi connectivity index (χ1v) is 36.5. The van der Waals surface area contributed by atoms with E-state index < -0.39 is 67.1 Å². The first kappa shape index (κ1) is 106. The molecule has 1 rings (SSSR count). The van der Waals surface area contributed by atoms with Crippen molar-refractivity contribution in [1.29, 1.82) is 0 Å². The van der Waals surface area contributed by atoms with Crippen LogP contribution in [0.5, 0.6) is 0 Å². The SMILES string of the molecule is CCC(OC(C=NCCS)COC)C(O)C=NCCS.CCC(OC(C=O)COC)C(O)C=O.CCC(OC(CNCCS)COC)C(O)CNCCS.CCC(OC(C[N-]CC[S-])COC)C(O)C[N-]CC[S-].CCC1OC(COC)C(O)C(O)C1O.NCCS.[O]=[Tc+4]. The Morgan fingerprint density at radius 1 is 0.553 bits per heavy atom. The van der Waals surface area contributed by atoms with Crippen LogP contribution in [0.3, 0.4) is 0 Å². The van der Waals surface area contributed by atoms with Gasteiger partial charge in [0.1, 0.15) is 48.8 Å². The molecular weight excluding hydrogens is 1450 g/mol. The van der Waals surface area contributed by atoms with E-state index in [1.807, 2.05) is 27.7 Å². The topological polar surface area (TPSA) is 388 Å². The van der Waals surface area contributed by atoms with Crippen LogP contribution < -0.4 is 16.4 Å². The minimum absolute atomic E-state index is 0.0654. The average Bonchev–Trinajstić information content (AvgIpc) is 0.898. The van der Waals surface area contributed by atoms with Crippen LogP contribution in [-0.4, -0.2) is 345 Å². The third-order valence-electron chi connectivity index (χ3n) is 12.4. The second-order valence-electron chi connectivity index (χ2n) is 20.0. The Morgan fingerprint density at radius 3 is 1.45 bits per heavy atom. The van der Waals surface area contributed by atoms with Crippen LogP contribution >= 0.6 is 63.1 Å². The zero-order valence-corrected chi connectivity index (χ0v) is 65.1. The Bertz CT molecular complexity index is 1580. The van der Waals surface area contributed by atoms with Gasteiger partial charge in [-0.15, -0.1) is 13.1 Å². The number of carbonyl (C=O) groups excluding carboxylic acids is 2. The first-order valence-electron chi connectivity index (χ1n) is 31.4. The van der Waals surface area contributed by atoms with Crippen molar-refractivity contribution in [2.75, 3.05) is 181 Å². The third kappa shape index (κ3) is 61.4. The number of nitrogens with zero attached hydrogens (tertiary/aromatic N) is 4. The summed E-state index contributed by atoms with van der Waals surface area (Å²) >= 11 is 30.8. The fourth-order valence-corrected chi connectivity index (χ4v) is 8.56. The summed E-state index contributed by atoms with van der Waals surface area (Å²) in [4.78, 5) is 29.0. The van der Waals surface area contributed by atoms with Gasteiger partial charge in [-0.05, 0) is 32.1 Å². The Balaban J connectivity index is -0.000000253. The van der Waals surface area contributed by atoms with E-state index >= 15 is 0 Å². The molecule has 0 aromatic rings. The van der Waals surface area contributed by atoms with Gasteiger partial charge in [-0.25, -0.2) is 0 Å². The quantitative estimate of drug-likeness (QED) is 0.0130. The number of aliphatic hydroxyl groups excluding tert-OH is 7. The second-order valence-corrected chi connectivity index (χ2v) is 23.1. The summed E-state index contributed by atoms with van der Waals surface area (Å²) < 4.78 is 61.4. The Labute approximate surface area is 612 Å². The second kappa shape index (κ2) is 81.0. The molecule has 1 saturated heterocycles. The van der Waals surface area contributed by atoms with Gasteiger partial charge in [-0.2, -0.15) is 87.7 Å². The van der Waals surface area contributed by atoms with Gasteiger partial charge in [0.2, 0.25) is 0 Å². The summed E-state index contributed by atoms with van der Waals surface area (Å²) in [6.07, 6.45) is -2.63. The Morgan fingerprint density at radius 2 is 1.00 bits per heavy atom. The number of aliphatic hydroxyl groups is 7. The molecule has 1 heterocycles. The molecule has 0 aromatic heterocycles. The monoisotopic (exact) mass is 1570 g/mol. The Kier molecular flexibility index (Phi) is 91.1. The molecule has 1 fully saturated rings. The van der Waals surface area contributed by atoms with Crippen LogP contribution in [0.15, 0.2) is 9.98 Å². The molecule has 35 heteroatoms. The summed E-state index contributed by atoms with van der Waals surface area (Å²) in [5.74, 6) is 4.86. The summed E-state index contributed by atoms with van der Waals surface area (Å²) in [6, 6.07) is 0. The van der Waals surface area contributed by atoms with Crippen molar-refractivity contribution >= 4 is 113 Å². The fraction of sp³-hybridized carbons (Fsp3) is 0.932. The number of carbonyl (C=O) groups is 2. The number of hydrogen-bond acceptors (Lipinski definition) is 32. The van der Waals surface area contributed by atoms with Crippen LogP contribution in [-0.2, 0) is 105 Å². The average molecular weight is 1570 g/mol. The van der Waals surface area contributed by atoms with Crippen molar-refractivity contribution in [2.45, 2.75) is 170 Å². The molecule has 94 heavy (non-hydrogen) atoms. The van der Waals surface area contributed by atoms with E-state index in [1.54, 1.807) is 34.5 Å². The minimum atomic E-state index is -1.20. The molecule has 17 atom stereocenters.